The molecule has 27 heavy (non-hydrogen) atoms. The zero-order valence-electron chi connectivity index (χ0n) is 16.7. The minimum absolute atomic E-state index is 0.000385. The fraction of sp³-hybridized carbons (Fsp3) is 0.762. The summed E-state index contributed by atoms with van der Waals surface area (Å²) in [5, 5.41) is 3.72. The lowest BCUT2D eigenvalue weighted by atomic mass is 9.81. The number of Topliss-reactive ketones (excluding diaryl/α,β-unsaturated/α-hetero) is 1. The van der Waals surface area contributed by atoms with Crippen LogP contribution in [0.15, 0.2) is 6.20 Å². The van der Waals surface area contributed by atoms with Crippen LogP contribution in [0.4, 0.5) is 9.93 Å². The number of nitrogens with zero attached hydrogens (tertiary/aromatic N) is 2. The zero-order chi connectivity index (χ0) is 19.2. The molecule has 1 aromatic heterocycles. The van der Waals surface area contributed by atoms with E-state index < -0.39 is 0 Å². The van der Waals surface area contributed by atoms with Crippen LogP contribution in [0.3, 0.4) is 0 Å². The number of amides is 2. The molecule has 0 aliphatic heterocycles. The molecule has 2 aliphatic rings. The fourth-order valence-corrected chi connectivity index (χ4v) is 5.34. The average Bonchev–Trinajstić information content (AvgIpc) is 3.08. The third kappa shape index (κ3) is 5.31. The van der Waals surface area contributed by atoms with Gasteiger partial charge in [-0.25, -0.2) is 9.78 Å². The molecule has 1 heterocycles. The van der Waals surface area contributed by atoms with E-state index in [4.69, 9.17) is 0 Å². The summed E-state index contributed by atoms with van der Waals surface area (Å²) in [6.45, 7) is 4.07. The highest BCUT2D eigenvalue weighted by Crippen LogP contribution is 2.34. The van der Waals surface area contributed by atoms with Crippen LogP contribution in [0.1, 0.15) is 82.4 Å². The number of carbonyl (C=O) groups is 2. The van der Waals surface area contributed by atoms with E-state index in [1.807, 2.05) is 6.92 Å². The molecule has 0 atom stereocenters. The van der Waals surface area contributed by atoms with E-state index in [1.165, 1.54) is 30.6 Å². The van der Waals surface area contributed by atoms with Gasteiger partial charge in [0.05, 0.1) is 0 Å². The van der Waals surface area contributed by atoms with Gasteiger partial charge in [-0.1, -0.05) is 26.2 Å². The van der Waals surface area contributed by atoms with Gasteiger partial charge in [0.25, 0.3) is 0 Å². The first-order valence-electron chi connectivity index (χ1n) is 10.6. The van der Waals surface area contributed by atoms with Crippen LogP contribution < -0.4 is 5.32 Å². The van der Waals surface area contributed by atoms with Gasteiger partial charge in [-0.2, -0.15) is 0 Å². The van der Waals surface area contributed by atoms with Crippen LogP contribution in [0.2, 0.25) is 0 Å². The lowest BCUT2D eigenvalue weighted by Gasteiger charge is -2.42. The standard InChI is InChI=1S/C21H33N3O2S/c1-3-7-19(25)16-10-12-18(13-11-16)24(17-8-5-4-6-9-17)21(26)23-20-22-14-15(2)27-20/h14,16-18H,3-13H2,1-2H3,(H,22,23,26). The number of hydrogen-bond acceptors (Lipinski definition) is 4. The maximum atomic E-state index is 13.2. The summed E-state index contributed by atoms with van der Waals surface area (Å²) >= 11 is 1.52. The molecule has 2 saturated carbocycles. The Hall–Kier alpha value is -1.43. The van der Waals surface area contributed by atoms with Gasteiger partial charge in [-0.15, -0.1) is 11.3 Å². The number of ketones is 1. The van der Waals surface area contributed by atoms with Gasteiger partial charge in [0, 0.05) is 35.5 Å². The minimum atomic E-state index is -0.000385. The molecule has 0 bridgehead atoms. The molecule has 0 unspecified atom stereocenters. The monoisotopic (exact) mass is 391 g/mol. The van der Waals surface area contributed by atoms with Crippen molar-refractivity contribution in [2.24, 2.45) is 5.92 Å². The fourth-order valence-electron chi connectivity index (χ4n) is 4.68. The van der Waals surface area contributed by atoms with Crippen molar-refractivity contribution in [3.63, 3.8) is 0 Å². The number of carbonyl (C=O) groups excluding carboxylic acids is 2. The van der Waals surface area contributed by atoms with Crippen molar-refractivity contribution in [3.8, 4) is 0 Å². The highest BCUT2D eigenvalue weighted by Gasteiger charge is 2.35. The molecule has 5 nitrogen and oxygen atoms in total. The van der Waals surface area contributed by atoms with E-state index in [9.17, 15) is 9.59 Å². The van der Waals surface area contributed by atoms with Gasteiger partial charge in [0.1, 0.15) is 5.78 Å². The van der Waals surface area contributed by atoms with E-state index in [1.54, 1.807) is 6.20 Å². The van der Waals surface area contributed by atoms with Gasteiger partial charge in [-0.05, 0) is 51.9 Å². The molecule has 0 radical (unpaired) electrons. The topological polar surface area (TPSA) is 62.3 Å². The molecule has 3 rings (SSSR count). The summed E-state index contributed by atoms with van der Waals surface area (Å²) in [4.78, 5) is 32.9. The first-order valence-corrected chi connectivity index (χ1v) is 11.4. The highest BCUT2D eigenvalue weighted by atomic mass is 32.1. The summed E-state index contributed by atoms with van der Waals surface area (Å²) in [6, 6.07) is 0.576. The number of hydrogen-bond donors (Lipinski definition) is 1. The van der Waals surface area contributed by atoms with Gasteiger partial charge in [0.15, 0.2) is 5.13 Å². The van der Waals surface area contributed by atoms with Gasteiger partial charge >= 0.3 is 6.03 Å². The number of aryl methyl sites for hydroxylation is 1. The molecular formula is C21H33N3O2S. The Kier molecular flexibility index (Phi) is 7.27. The van der Waals surface area contributed by atoms with Crippen LogP contribution in [0.5, 0.6) is 0 Å². The summed E-state index contributed by atoms with van der Waals surface area (Å²) in [5.74, 6) is 0.627. The predicted octanol–water partition coefficient (Wildman–Crippen LogP) is 5.55. The van der Waals surface area contributed by atoms with Crippen molar-refractivity contribution in [2.75, 3.05) is 5.32 Å². The Morgan fingerprint density at radius 3 is 2.37 bits per heavy atom. The Morgan fingerprint density at radius 2 is 1.78 bits per heavy atom. The smallest absolute Gasteiger partial charge is 0.319 e. The second-order valence-electron chi connectivity index (χ2n) is 8.13. The second-order valence-corrected chi connectivity index (χ2v) is 9.36. The number of rotatable bonds is 6. The van der Waals surface area contributed by atoms with Gasteiger partial charge in [-0.3, -0.25) is 10.1 Å². The first kappa shape index (κ1) is 20.3. The molecule has 2 amide bonds. The Labute approximate surface area is 166 Å². The van der Waals surface area contributed by atoms with Crippen molar-refractivity contribution < 1.29 is 9.59 Å². The lowest BCUT2D eigenvalue weighted by Crippen LogP contribution is -2.51. The maximum absolute atomic E-state index is 13.2. The predicted molar refractivity (Wildman–Crippen MR) is 110 cm³/mol. The molecule has 2 fully saturated rings. The van der Waals surface area contributed by atoms with Crippen molar-refractivity contribution in [1.29, 1.82) is 0 Å². The summed E-state index contributed by atoms with van der Waals surface area (Å²) < 4.78 is 0. The molecule has 0 aromatic carbocycles. The van der Waals surface area contributed by atoms with Crippen LogP contribution in [0.25, 0.3) is 0 Å². The number of thiazole rings is 1. The number of aromatic nitrogens is 1. The van der Waals surface area contributed by atoms with E-state index in [0.717, 1.165) is 49.8 Å². The summed E-state index contributed by atoms with van der Waals surface area (Å²) in [6.07, 6.45) is 13.1. The van der Waals surface area contributed by atoms with E-state index in [-0.39, 0.29) is 18.0 Å². The lowest BCUT2D eigenvalue weighted by molar-refractivity contribution is -0.124. The molecule has 6 heteroatoms. The van der Waals surface area contributed by atoms with Crippen molar-refractivity contribution in [3.05, 3.63) is 11.1 Å². The number of nitrogens with one attached hydrogen (secondary N) is 1. The van der Waals surface area contributed by atoms with Crippen LogP contribution in [0, 0.1) is 12.8 Å². The van der Waals surface area contributed by atoms with Crippen LogP contribution in [-0.4, -0.2) is 33.8 Å². The SMILES string of the molecule is CCCC(=O)C1CCC(N(C(=O)Nc2ncc(C)s2)C2CCCCC2)CC1. The first-order chi connectivity index (χ1) is 13.1. The van der Waals surface area contributed by atoms with Crippen LogP contribution in [-0.2, 0) is 4.79 Å². The third-order valence-electron chi connectivity index (χ3n) is 6.08. The Bertz CT molecular complexity index is 631. The van der Waals surface area contributed by atoms with E-state index in [2.05, 4.69) is 22.1 Å². The number of urea groups is 1. The van der Waals surface area contributed by atoms with Gasteiger partial charge in [0.2, 0.25) is 0 Å². The molecule has 150 valence electrons. The quantitative estimate of drug-likeness (QED) is 0.692. The average molecular weight is 392 g/mol. The van der Waals surface area contributed by atoms with Crippen molar-refractivity contribution >= 4 is 28.3 Å². The largest absolute Gasteiger partial charge is 0.324 e. The maximum Gasteiger partial charge on any atom is 0.324 e. The molecule has 1 N–H and O–H groups in total. The van der Waals surface area contributed by atoms with Crippen molar-refractivity contribution in [2.45, 2.75) is 96.6 Å². The molecular weight excluding hydrogens is 358 g/mol. The number of anilines is 1. The summed E-state index contributed by atoms with van der Waals surface area (Å²) in [5.41, 5.74) is 0. The molecule has 0 saturated heterocycles. The minimum Gasteiger partial charge on any atom is -0.319 e. The normalized spacial score (nSPS) is 23.8. The molecule has 1 aromatic rings. The summed E-state index contributed by atoms with van der Waals surface area (Å²) in [7, 11) is 0. The second kappa shape index (κ2) is 9.67. The van der Waals surface area contributed by atoms with E-state index >= 15 is 0 Å². The molecule has 2 aliphatic carbocycles. The van der Waals surface area contributed by atoms with Gasteiger partial charge < -0.3 is 4.90 Å². The van der Waals surface area contributed by atoms with Crippen LogP contribution >= 0.6 is 11.3 Å². The highest BCUT2D eigenvalue weighted by molar-refractivity contribution is 7.15. The molecule has 0 spiro atoms. The zero-order valence-corrected chi connectivity index (χ0v) is 17.5. The van der Waals surface area contributed by atoms with E-state index in [0.29, 0.717) is 23.4 Å². The third-order valence-corrected chi connectivity index (χ3v) is 6.91. The Morgan fingerprint density at radius 1 is 1.11 bits per heavy atom. The Balaban J connectivity index is 1.66. The van der Waals surface area contributed by atoms with Crippen molar-refractivity contribution in [1.82, 2.24) is 9.88 Å².